The Morgan fingerprint density at radius 1 is 1.40 bits per heavy atom. The van der Waals surface area contributed by atoms with Crippen LogP contribution in [0.15, 0.2) is 0 Å². The van der Waals surface area contributed by atoms with Crippen LogP contribution in [0.4, 0.5) is 0 Å². The van der Waals surface area contributed by atoms with E-state index in [0.717, 1.165) is 32.1 Å². The number of amides is 1. The van der Waals surface area contributed by atoms with Gasteiger partial charge in [0.15, 0.2) is 0 Å². The second-order valence-corrected chi connectivity index (χ2v) is 2.64. The lowest BCUT2D eigenvalue weighted by Gasteiger charge is -2.26. The van der Waals surface area contributed by atoms with Crippen LogP contribution >= 0.6 is 0 Å². The summed E-state index contributed by atoms with van der Waals surface area (Å²) in [5.74, 6) is 0.0824. The molecule has 1 amide bonds. The van der Waals surface area contributed by atoms with Gasteiger partial charge in [-0.15, -0.1) is 0 Å². The Hall–Kier alpha value is -0.860. The van der Waals surface area contributed by atoms with E-state index in [1.54, 1.807) is 4.90 Å². The maximum Gasteiger partial charge on any atom is 0.209 e. The zero-order valence-corrected chi connectivity index (χ0v) is 5.82. The molecule has 1 heterocycles. The fraction of sp³-hybridized carbons (Fsp3) is 0.714. The molecule has 0 saturated carbocycles. The summed E-state index contributed by atoms with van der Waals surface area (Å²) in [6.45, 7) is 1.43. The summed E-state index contributed by atoms with van der Waals surface area (Å²) in [5, 5.41) is 0. The highest BCUT2D eigenvalue weighted by Crippen LogP contribution is 2.11. The van der Waals surface area contributed by atoms with Gasteiger partial charge >= 0.3 is 0 Å². The van der Waals surface area contributed by atoms with Gasteiger partial charge in [-0.3, -0.25) is 4.79 Å². The van der Waals surface area contributed by atoms with E-state index in [0.29, 0.717) is 6.54 Å². The maximum atomic E-state index is 10.3. The molecule has 0 bridgehead atoms. The van der Waals surface area contributed by atoms with Crippen LogP contribution in [0.5, 0.6) is 0 Å². The van der Waals surface area contributed by atoms with E-state index in [-0.39, 0.29) is 5.92 Å². The molecule has 1 unspecified atom stereocenters. The number of carbonyl (C=O) groups is 2. The molecule has 0 aromatic rings. The summed E-state index contributed by atoms with van der Waals surface area (Å²) in [4.78, 5) is 22.2. The van der Waals surface area contributed by atoms with Gasteiger partial charge in [-0.05, 0) is 12.8 Å². The van der Waals surface area contributed by atoms with Crippen molar-refractivity contribution in [3.63, 3.8) is 0 Å². The molecule has 3 heteroatoms. The summed E-state index contributed by atoms with van der Waals surface area (Å²) in [5.41, 5.74) is 0. The Balaban J connectivity index is 2.38. The highest BCUT2D eigenvalue weighted by atomic mass is 16.1. The summed E-state index contributed by atoms with van der Waals surface area (Å²) in [6.07, 6.45) is 3.65. The van der Waals surface area contributed by atoms with Crippen LogP contribution in [0.25, 0.3) is 0 Å². The Morgan fingerprint density at radius 2 is 2.20 bits per heavy atom. The molecule has 0 N–H and O–H groups in total. The predicted octanol–water partition coefficient (Wildman–Crippen LogP) is 0.0537. The van der Waals surface area contributed by atoms with Crippen LogP contribution in [-0.4, -0.2) is 30.7 Å². The largest absolute Gasteiger partial charge is 0.345 e. The third-order valence-corrected chi connectivity index (χ3v) is 1.83. The van der Waals surface area contributed by atoms with Gasteiger partial charge in [0.05, 0.1) is 0 Å². The van der Waals surface area contributed by atoms with E-state index < -0.39 is 0 Å². The first-order chi connectivity index (χ1) is 4.86. The third-order valence-electron chi connectivity index (χ3n) is 1.83. The maximum absolute atomic E-state index is 10.3. The highest BCUT2D eigenvalue weighted by Gasteiger charge is 2.16. The minimum absolute atomic E-state index is 0.0824. The van der Waals surface area contributed by atoms with Crippen LogP contribution in [-0.2, 0) is 9.59 Å². The average molecular weight is 141 g/mol. The van der Waals surface area contributed by atoms with E-state index in [4.69, 9.17) is 0 Å². The Labute approximate surface area is 60.0 Å². The van der Waals surface area contributed by atoms with Gasteiger partial charge in [-0.25, -0.2) is 0 Å². The standard InChI is InChI=1S/C7H11NO2/c9-5-7-2-1-3-8(4-7)6-10/h5-7H,1-4H2. The van der Waals surface area contributed by atoms with Crippen molar-refractivity contribution >= 4 is 12.7 Å². The van der Waals surface area contributed by atoms with Crippen LogP contribution in [0.2, 0.25) is 0 Å². The summed E-state index contributed by atoms with van der Waals surface area (Å²) in [7, 11) is 0. The number of aldehydes is 1. The van der Waals surface area contributed by atoms with Crippen LogP contribution in [0.3, 0.4) is 0 Å². The molecule has 3 nitrogen and oxygen atoms in total. The minimum atomic E-state index is 0.0824. The molecule has 1 aliphatic heterocycles. The van der Waals surface area contributed by atoms with Crippen LogP contribution < -0.4 is 0 Å². The lowest BCUT2D eigenvalue weighted by Crippen LogP contribution is -2.34. The Morgan fingerprint density at radius 3 is 2.80 bits per heavy atom. The fourth-order valence-corrected chi connectivity index (χ4v) is 1.25. The molecule has 1 fully saturated rings. The fourth-order valence-electron chi connectivity index (χ4n) is 1.25. The molecule has 1 atom stereocenters. The smallest absolute Gasteiger partial charge is 0.209 e. The number of carbonyl (C=O) groups excluding carboxylic acids is 2. The quantitative estimate of drug-likeness (QED) is 0.510. The molecule has 0 aliphatic carbocycles. The SMILES string of the molecule is O=CC1CCCN(C=O)C1. The topological polar surface area (TPSA) is 37.4 Å². The average Bonchev–Trinajstić information content (AvgIpc) is 2.05. The highest BCUT2D eigenvalue weighted by molar-refractivity contribution is 5.56. The molecule has 0 aromatic heterocycles. The van der Waals surface area contributed by atoms with E-state index >= 15 is 0 Å². The van der Waals surface area contributed by atoms with Gasteiger partial charge in [0.1, 0.15) is 6.29 Å². The van der Waals surface area contributed by atoms with Gasteiger partial charge in [-0.1, -0.05) is 0 Å². The van der Waals surface area contributed by atoms with Gasteiger partial charge in [0.25, 0.3) is 0 Å². The van der Waals surface area contributed by atoms with Gasteiger partial charge in [-0.2, -0.15) is 0 Å². The van der Waals surface area contributed by atoms with Crippen LogP contribution in [0, 0.1) is 5.92 Å². The van der Waals surface area contributed by atoms with Crippen LogP contribution in [0.1, 0.15) is 12.8 Å². The first kappa shape index (κ1) is 7.25. The van der Waals surface area contributed by atoms with Crippen molar-refractivity contribution in [1.82, 2.24) is 4.90 Å². The van der Waals surface area contributed by atoms with Crippen molar-refractivity contribution in [2.45, 2.75) is 12.8 Å². The number of likely N-dealkylation sites (tertiary alicyclic amines) is 1. The number of piperidine rings is 1. The van der Waals surface area contributed by atoms with Crippen molar-refractivity contribution in [1.29, 1.82) is 0 Å². The van der Waals surface area contributed by atoms with Gasteiger partial charge in [0, 0.05) is 19.0 Å². The molecule has 0 spiro atoms. The number of hydrogen-bond donors (Lipinski definition) is 0. The molecule has 0 aromatic carbocycles. The first-order valence-corrected chi connectivity index (χ1v) is 3.51. The normalized spacial score (nSPS) is 26.0. The molecule has 1 rings (SSSR count). The second-order valence-electron chi connectivity index (χ2n) is 2.64. The van der Waals surface area contributed by atoms with Crippen molar-refractivity contribution in [3.8, 4) is 0 Å². The van der Waals surface area contributed by atoms with Gasteiger partial charge in [0.2, 0.25) is 6.41 Å². The first-order valence-electron chi connectivity index (χ1n) is 3.51. The molecular formula is C7H11NO2. The molecule has 1 aliphatic rings. The molecule has 0 radical (unpaired) electrons. The third kappa shape index (κ3) is 1.56. The lowest BCUT2D eigenvalue weighted by atomic mass is 10.0. The predicted molar refractivity (Wildman–Crippen MR) is 36.4 cm³/mol. The molecule has 1 saturated heterocycles. The molecule has 10 heavy (non-hydrogen) atoms. The van der Waals surface area contributed by atoms with E-state index in [1.807, 2.05) is 0 Å². The van der Waals surface area contributed by atoms with Crippen molar-refractivity contribution in [2.24, 2.45) is 5.92 Å². The summed E-state index contributed by atoms with van der Waals surface area (Å²) in [6, 6.07) is 0. The van der Waals surface area contributed by atoms with Gasteiger partial charge < -0.3 is 9.69 Å². The van der Waals surface area contributed by atoms with Crippen molar-refractivity contribution in [3.05, 3.63) is 0 Å². The molecule has 56 valence electrons. The number of nitrogens with zero attached hydrogens (tertiary/aromatic N) is 1. The zero-order valence-electron chi connectivity index (χ0n) is 5.82. The lowest BCUT2D eigenvalue weighted by molar-refractivity contribution is -0.121. The zero-order chi connectivity index (χ0) is 7.40. The summed E-state index contributed by atoms with van der Waals surface area (Å²) < 4.78 is 0. The summed E-state index contributed by atoms with van der Waals surface area (Å²) >= 11 is 0. The second kappa shape index (κ2) is 3.34. The van der Waals surface area contributed by atoms with E-state index in [2.05, 4.69) is 0 Å². The Bertz CT molecular complexity index is 122. The minimum Gasteiger partial charge on any atom is -0.345 e. The Kier molecular flexibility index (Phi) is 2.42. The van der Waals surface area contributed by atoms with E-state index in [1.165, 1.54) is 0 Å². The number of rotatable bonds is 2. The number of hydrogen-bond acceptors (Lipinski definition) is 2. The monoisotopic (exact) mass is 141 g/mol. The van der Waals surface area contributed by atoms with Crippen molar-refractivity contribution in [2.75, 3.05) is 13.1 Å². The molecular weight excluding hydrogens is 130 g/mol. The van der Waals surface area contributed by atoms with Crippen molar-refractivity contribution < 1.29 is 9.59 Å². The van der Waals surface area contributed by atoms with E-state index in [9.17, 15) is 9.59 Å².